The summed E-state index contributed by atoms with van der Waals surface area (Å²) >= 11 is 0. The van der Waals surface area contributed by atoms with E-state index in [1.54, 1.807) is 30.3 Å². The van der Waals surface area contributed by atoms with E-state index in [9.17, 15) is 13.2 Å². The number of hydrogen-bond acceptors (Lipinski definition) is 6. The molecule has 0 radical (unpaired) electrons. The number of amides is 1. The van der Waals surface area contributed by atoms with Crippen molar-refractivity contribution in [3.8, 4) is 5.88 Å². The van der Waals surface area contributed by atoms with Gasteiger partial charge < -0.3 is 10.5 Å². The maximum absolute atomic E-state index is 13.3. The summed E-state index contributed by atoms with van der Waals surface area (Å²) in [5.41, 5.74) is 6.94. The normalized spacial score (nSPS) is 12.1. The van der Waals surface area contributed by atoms with Crippen LogP contribution in [0.2, 0.25) is 0 Å². The Labute approximate surface area is 175 Å². The van der Waals surface area contributed by atoms with Gasteiger partial charge in [-0.3, -0.25) is 4.79 Å². The zero-order valence-corrected chi connectivity index (χ0v) is 17.9. The number of carbonyl (C=O) groups is 1. The number of fused-ring (bicyclic) bond motifs is 1. The molecule has 0 saturated heterocycles. The molecule has 2 heterocycles. The number of allylic oxidation sites excluding steroid dienone is 1. The molecule has 0 atom stereocenters. The Morgan fingerprint density at radius 2 is 1.93 bits per heavy atom. The van der Waals surface area contributed by atoms with Crippen LogP contribution in [0.15, 0.2) is 53.8 Å². The van der Waals surface area contributed by atoms with Gasteiger partial charge in [-0.1, -0.05) is 37.6 Å². The van der Waals surface area contributed by atoms with Gasteiger partial charge in [-0.2, -0.15) is 0 Å². The zero-order chi connectivity index (χ0) is 21.9. The molecular weight excluding hydrogens is 404 g/mol. The van der Waals surface area contributed by atoms with Crippen LogP contribution in [-0.2, 0) is 21.2 Å². The fourth-order valence-electron chi connectivity index (χ4n) is 2.89. The van der Waals surface area contributed by atoms with E-state index >= 15 is 0 Å². The highest BCUT2D eigenvalue weighted by Crippen LogP contribution is 2.31. The largest absolute Gasteiger partial charge is 0.477 e. The molecule has 0 aliphatic rings. The lowest BCUT2D eigenvalue weighted by atomic mass is 10.1. The molecule has 3 aromatic rings. The van der Waals surface area contributed by atoms with Crippen LogP contribution in [0.5, 0.6) is 5.88 Å². The quantitative estimate of drug-likeness (QED) is 0.551. The highest BCUT2D eigenvalue weighted by atomic mass is 32.2. The molecule has 158 valence electrons. The van der Waals surface area contributed by atoms with Gasteiger partial charge in [0, 0.05) is 6.20 Å². The number of primary amides is 1. The second-order valence-corrected chi connectivity index (χ2v) is 9.17. The number of nitrogens with two attached hydrogens (primary N) is 1. The molecule has 8 nitrogen and oxygen atoms in total. The lowest BCUT2D eigenvalue weighted by Crippen LogP contribution is -2.13. The van der Waals surface area contributed by atoms with E-state index in [1.165, 1.54) is 18.6 Å². The van der Waals surface area contributed by atoms with E-state index in [0.29, 0.717) is 23.4 Å². The molecular formula is C21H24N4O4S. The van der Waals surface area contributed by atoms with Crippen molar-refractivity contribution in [1.82, 2.24) is 13.9 Å². The van der Waals surface area contributed by atoms with E-state index in [0.717, 1.165) is 9.54 Å². The maximum atomic E-state index is 13.3. The van der Waals surface area contributed by atoms with Crippen molar-refractivity contribution < 1.29 is 17.9 Å². The van der Waals surface area contributed by atoms with Crippen molar-refractivity contribution in [1.29, 1.82) is 0 Å². The average molecular weight is 429 g/mol. The molecule has 0 unspecified atom stereocenters. The van der Waals surface area contributed by atoms with Crippen molar-refractivity contribution in [2.24, 2.45) is 11.7 Å². The summed E-state index contributed by atoms with van der Waals surface area (Å²) < 4.78 is 33.6. The first-order chi connectivity index (χ1) is 14.2. The summed E-state index contributed by atoms with van der Waals surface area (Å²) in [7, 11) is -3.90. The Bertz CT molecular complexity index is 1200. The van der Waals surface area contributed by atoms with Crippen LogP contribution in [0.25, 0.3) is 11.0 Å². The van der Waals surface area contributed by atoms with Crippen molar-refractivity contribution in [3.63, 3.8) is 0 Å². The molecule has 0 aliphatic heterocycles. The molecule has 0 bridgehead atoms. The van der Waals surface area contributed by atoms with Crippen molar-refractivity contribution in [2.45, 2.75) is 32.1 Å². The minimum Gasteiger partial charge on any atom is -0.477 e. The van der Waals surface area contributed by atoms with Gasteiger partial charge in [0.05, 0.1) is 16.9 Å². The fraction of sp³-hybridized carbons (Fsp3) is 0.286. The van der Waals surface area contributed by atoms with Gasteiger partial charge in [-0.15, -0.1) is 0 Å². The van der Waals surface area contributed by atoms with Crippen LogP contribution in [-0.4, -0.2) is 34.9 Å². The Balaban J connectivity index is 2.18. The lowest BCUT2D eigenvalue weighted by molar-refractivity contribution is -0.113. The number of carbonyl (C=O) groups excluding carboxylic acids is 1. The van der Waals surface area contributed by atoms with Gasteiger partial charge in [0.1, 0.15) is 6.33 Å². The van der Waals surface area contributed by atoms with E-state index in [1.807, 2.05) is 20.8 Å². The highest BCUT2D eigenvalue weighted by molar-refractivity contribution is 7.90. The monoisotopic (exact) mass is 428 g/mol. The van der Waals surface area contributed by atoms with Gasteiger partial charge in [-0.25, -0.2) is 22.4 Å². The minimum absolute atomic E-state index is 0.146. The smallest absolute Gasteiger partial charge is 0.269 e. The summed E-state index contributed by atoms with van der Waals surface area (Å²) in [5.74, 6) is -0.0285. The molecule has 1 aromatic carbocycles. The molecule has 1 amide bonds. The van der Waals surface area contributed by atoms with E-state index in [2.05, 4.69) is 9.97 Å². The lowest BCUT2D eigenvalue weighted by Gasteiger charge is -2.10. The predicted octanol–water partition coefficient (Wildman–Crippen LogP) is 2.60. The van der Waals surface area contributed by atoms with Gasteiger partial charge in [0.15, 0.2) is 5.65 Å². The maximum Gasteiger partial charge on any atom is 0.269 e. The molecule has 0 saturated carbocycles. The van der Waals surface area contributed by atoms with Crippen LogP contribution in [0.3, 0.4) is 0 Å². The fourth-order valence-corrected chi connectivity index (χ4v) is 4.23. The van der Waals surface area contributed by atoms with E-state index in [-0.39, 0.29) is 22.9 Å². The first-order valence-electron chi connectivity index (χ1n) is 9.46. The molecule has 0 spiro atoms. The van der Waals surface area contributed by atoms with Gasteiger partial charge in [0.2, 0.25) is 11.8 Å². The summed E-state index contributed by atoms with van der Waals surface area (Å²) in [6.07, 6.45) is 5.83. The van der Waals surface area contributed by atoms with Crippen LogP contribution in [0.4, 0.5) is 0 Å². The van der Waals surface area contributed by atoms with Crippen LogP contribution in [0, 0.1) is 12.8 Å². The number of aromatic nitrogens is 3. The first-order valence-corrected chi connectivity index (χ1v) is 10.9. The third kappa shape index (κ3) is 4.51. The Kier molecular flexibility index (Phi) is 6.21. The van der Waals surface area contributed by atoms with Crippen LogP contribution in [0.1, 0.15) is 25.0 Å². The number of hydrogen-bond donors (Lipinski definition) is 1. The topological polar surface area (TPSA) is 117 Å². The number of nitrogens with zero attached hydrogens (tertiary/aromatic N) is 3. The third-order valence-corrected chi connectivity index (χ3v) is 6.01. The summed E-state index contributed by atoms with van der Waals surface area (Å²) in [4.78, 5) is 19.6. The molecule has 9 heteroatoms. The average Bonchev–Trinajstić information content (AvgIpc) is 3.06. The number of benzene rings is 1. The van der Waals surface area contributed by atoms with E-state index in [4.69, 9.17) is 10.5 Å². The number of ether oxygens (including phenoxy) is 1. The summed E-state index contributed by atoms with van der Waals surface area (Å²) in [6, 6.07) is 6.59. The van der Waals surface area contributed by atoms with E-state index < -0.39 is 15.9 Å². The number of rotatable bonds is 8. The molecule has 30 heavy (non-hydrogen) atoms. The van der Waals surface area contributed by atoms with Crippen LogP contribution >= 0.6 is 0 Å². The number of aryl methyl sites for hydroxylation is 1. The Morgan fingerprint density at radius 3 is 2.57 bits per heavy atom. The van der Waals surface area contributed by atoms with Crippen molar-refractivity contribution in [2.75, 3.05) is 6.61 Å². The second kappa shape index (κ2) is 8.66. The van der Waals surface area contributed by atoms with Crippen LogP contribution < -0.4 is 10.5 Å². The molecule has 0 aliphatic carbocycles. The second-order valence-electron chi connectivity index (χ2n) is 7.36. The predicted molar refractivity (Wildman–Crippen MR) is 114 cm³/mol. The Morgan fingerprint density at radius 1 is 1.23 bits per heavy atom. The SMILES string of the molecule is Cc1ccc(S(=O)(=O)n2cc(C/C=C/C(N)=O)c3c(OCC(C)C)ncnc32)cc1. The van der Waals surface area contributed by atoms with Crippen molar-refractivity contribution in [3.05, 3.63) is 60.1 Å². The highest BCUT2D eigenvalue weighted by Gasteiger charge is 2.24. The minimum atomic E-state index is -3.90. The summed E-state index contributed by atoms with van der Waals surface area (Å²) in [5, 5.41) is 0.489. The molecule has 2 aromatic heterocycles. The molecule has 0 fully saturated rings. The molecule has 2 N–H and O–H groups in total. The standard InChI is InChI=1S/C21H24N4O4S/c1-14(2)12-29-21-19-16(5-4-6-18(22)26)11-25(20(19)23-13-24-21)30(27,28)17-9-7-15(3)8-10-17/h4,6-11,13-14H,5,12H2,1-3H3,(H2,22,26)/b6-4+. The third-order valence-electron chi connectivity index (χ3n) is 4.35. The van der Waals surface area contributed by atoms with Gasteiger partial charge in [0.25, 0.3) is 10.0 Å². The Hall–Kier alpha value is -3.20. The van der Waals surface area contributed by atoms with Gasteiger partial charge >= 0.3 is 0 Å². The first kappa shape index (κ1) is 21.5. The summed E-state index contributed by atoms with van der Waals surface area (Å²) in [6.45, 7) is 6.30. The zero-order valence-electron chi connectivity index (χ0n) is 17.1. The van der Waals surface area contributed by atoms with Gasteiger partial charge in [-0.05, 0) is 43.0 Å². The van der Waals surface area contributed by atoms with Crippen molar-refractivity contribution >= 4 is 27.0 Å². The molecule has 3 rings (SSSR count).